The molecule has 0 spiro atoms. The number of carboxylic acid groups (broad SMARTS) is 3. The maximum absolute atomic E-state index is 12.3. The summed E-state index contributed by atoms with van der Waals surface area (Å²) in [6.07, 6.45) is 25.5. The molecule has 234 valence electrons. The normalized spacial score (nSPS) is 15.5. The van der Waals surface area contributed by atoms with Crippen LogP contribution in [0.5, 0.6) is 0 Å². The molecule has 7 heteroatoms. The highest BCUT2D eigenvalue weighted by Gasteiger charge is 2.55. The molecule has 3 atom stereocenters. The van der Waals surface area contributed by atoms with Crippen molar-refractivity contribution in [2.75, 3.05) is 6.54 Å². The van der Waals surface area contributed by atoms with Crippen molar-refractivity contribution < 1.29 is 34.2 Å². The lowest BCUT2D eigenvalue weighted by atomic mass is 9.93. The monoisotopic (exact) mass is 568 g/mol. The van der Waals surface area contributed by atoms with Crippen LogP contribution in [0.1, 0.15) is 156 Å². The Kier molecular flexibility index (Phi) is 22.7. The maximum Gasteiger partial charge on any atom is 0.362 e. The predicted octanol–water partition coefficient (Wildman–Crippen LogP) is 8.60. The molecule has 0 aromatic carbocycles. The number of hydrogen-bond acceptors (Lipinski definition) is 3. The minimum Gasteiger partial charge on any atom is -0.477 e. The van der Waals surface area contributed by atoms with E-state index in [1.807, 2.05) is 0 Å². The van der Waals surface area contributed by atoms with Crippen molar-refractivity contribution in [3.8, 4) is 0 Å². The minimum atomic E-state index is -1.12. The van der Waals surface area contributed by atoms with Gasteiger partial charge >= 0.3 is 17.9 Å². The molecule has 3 unspecified atom stereocenters. The van der Waals surface area contributed by atoms with Gasteiger partial charge < -0.3 is 15.3 Å². The lowest BCUT2D eigenvalue weighted by Gasteiger charge is -2.49. The minimum absolute atomic E-state index is 0.193. The fourth-order valence-electron chi connectivity index (χ4n) is 6.44. The number of allylic oxidation sites excluding steroid dienone is 2. The van der Waals surface area contributed by atoms with Crippen molar-refractivity contribution >= 4 is 17.9 Å². The average Bonchev–Trinajstić information content (AvgIpc) is 2.90. The van der Waals surface area contributed by atoms with E-state index in [1.165, 1.54) is 83.5 Å². The summed E-state index contributed by atoms with van der Waals surface area (Å²) in [7, 11) is 0. The zero-order chi connectivity index (χ0) is 30.2. The molecule has 0 saturated heterocycles. The van der Waals surface area contributed by atoms with E-state index in [-0.39, 0.29) is 25.8 Å². The molecule has 0 bridgehead atoms. The van der Waals surface area contributed by atoms with Gasteiger partial charge in [0.2, 0.25) is 0 Å². The number of unbranched alkanes of at least 4 members (excludes halogenated alkanes) is 15. The Hall–Kier alpha value is -1.89. The van der Waals surface area contributed by atoms with Gasteiger partial charge in [-0.3, -0.25) is 4.48 Å². The third-order valence-electron chi connectivity index (χ3n) is 8.56. The molecule has 0 radical (unpaired) electrons. The smallest absolute Gasteiger partial charge is 0.362 e. The summed E-state index contributed by atoms with van der Waals surface area (Å²) >= 11 is 0. The second-order valence-corrected chi connectivity index (χ2v) is 11.5. The molecule has 0 heterocycles. The molecule has 0 amide bonds. The molecule has 0 rings (SSSR count). The van der Waals surface area contributed by atoms with Crippen LogP contribution in [0.25, 0.3) is 0 Å². The predicted molar refractivity (Wildman–Crippen MR) is 164 cm³/mol. The quantitative estimate of drug-likeness (QED) is 0.0495. The molecule has 40 heavy (non-hydrogen) atoms. The number of rotatable bonds is 28. The molecule has 0 fully saturated rings. The summed E-state index contributed by atoms with van der Waals surface area (Å²) < 4.78 is -0.405. The van der Waals surface area contributed by atoms with Crippen LogP contribution in [0.2, 0.25) is 0 Å². The number of nitrogens with zero attached hydrogens (tertiary/aromatic N) is 1. The Balaban J connectivity index is 4.51. The molecule has 0 aliphatic heterocycles. The molecular formula is C33H62NO6+. The molecule has 7 nitrogen and oxygen atoms in total. The highest BCUT2D eigenvalue weighted by molar-refractivity contribution is 5.78. The zero-order valence-electron chi connectivity index (χ0n) is 26.2. The molecule has 0 aromatic rings. The molecule has 3 N–H and O–H groups in total. The van der Waals surface area contributed by atoms with Gasteiger partial charge in [-0.25, -0.2) is 14.4 Å². The van der Waals surface area contributed by atoms with E-state index in [0.717, 1.165) is 19.3 Å². The molecule has 0 aliphatic carbocycles. The first kappa shape index (κ1) is 38.1. The Labute approximate surface area is 245 Å². The van der Waals surface area contributed by atoms with Crippen molar-refractivity contribution in [1.29, 1.82) is 0 Å². The topological polar surface area (TPSA) is 112 Å². The van der Waals surface area contributed by atoms with Gasteiger partial charge in [-0.2, -0.15) is 0 Å². The van der Waals surface area contributed by atoms with E-state index < -0.39 is 40.5 Å². The van der Waals surface area contributed by atoms with Crippen LogP contribution in [0.3, 0.4) is 0 Å². The van der Waals surface area contributed by atoms with Gasteiger partial charge in [0.1, 0.15) is 0 Å². The van der Waals surface area contributed by atoms with Crippen molar-refractivity contribution in [3.63, 3.8) is 0 Å². The van der Waals surface area contributed by atoms with Crippen LogP contribution in [-0.2, 0) is 14.4 Å². The van der Waals surface area contributed by atoms with Crippen molar-refractivity contribution in [2.45, 2.75) is 174 Å². The molecule has 0 saturated carbocycles. The summed E-state index contributed by atoms with van der Waals surface area (Å²) in [6.45, 7) is 7.64. The second kappa shape index (κ2) is 23.8. The van der Waals surface area contributed by atoms with Crippen LogP contribution in [0, 0.1) is 0 Å². The zero-order valence-corrected chi connectivity index (χ0v) is 26.2. The number of carbonyl (C=O) groups is 3. The number of hydrogen-bond donors (Lipinski definition) is 3. The van der Waals surface area contributed by atoms with Crippen LogP contribution in [0.4, 0.5) is 0 Å². The van der Waals surface area contributed by atoms with Gasteiger partial charge in [0.25, 0.3) is 0 Å². The van der Waals surface area contributed by atoms with E-state index in [1.54, 1.807) is 20.8 Å². The summed E-state index contributed by atoms with van der Waals surface area (Å²) in [5.74, 6) is -3.35. The van der Waals surface area contributed by atoms with Crippen LogP contribution in [-0.4, -0.2) is 62.4 Å². The van der Waals surface area contributed by atoms with E-state index in [2.05, 4.69) is 19.1 Å². The summed E-state index contributed by atoms with van der Waals surface area (Å²) in [4.78, 5) is 36.8. The first-order chi connectivity index (χ1) is 19.2. The van der Waals surface area contributed by atoms with Gasteiger partial charge in [0, 0.05) is 19.3 Å². The second-order valence-electron chi connectivity index (χ2n) is 11.5. The average molecular weight is 569 g/mol. The first-order valence-corrected chi connectivity index (χ1v) is 16.4. The third-order valence-corrected chi connectivity index (χ3v) is 8.56. The third kappa shape index (κ3) is 14.1. The standard InChI is InChI=1S/C33H61NO6/c1-5-9-10-11-12-13-14-15-16-17-18-19-20-21-22-23-24-25-26-27-34(28(6-2)31(35)36,29(7-3)32(37)38)30(8-4)33(39)40/h14-15,28-30H,5-13,16-27H2,1-4H3,(H2-,35,36,37,38,39,40)/p+1/b15-14+. The Morgan fingerprint density at radius 3 is 1.10 bits per heavy atom. The van der Waals surface area contributed by atoms with Crippen molar-refractivity contribution in [2.24, 2.45) is 0 Å². The van der Waals surface area contributed by atoms with Gasteiger partial charge in [-0.05, 0) is 38.5 Å². The van der Waals surface area contributed by atoms with E-state index in [0.29, 0.717) is 6.42 Å². The van der Waals surface area contributed by atoms with Gasteiger partial charge in [-0.1, -0.05) is 110 Å². The highest BCUT2D eigenvalue weighted by Crippen LogP contribution is 2.32. The van der Waals surface area contributed by atoms with Crippen molar-refractivity contribution in [3.05, 3.63) is 12.2 Å². The van der Waals surface area contributed by atoms with Crippen LogP contribution in [0.15, 0.2) is 12.2 Å². The van der Waals surface area contributed by atoms with E-state index in [4.69, 9.17) is 0 Å². The molecular weight excluding hydrogens is 506 g/mol. The van der Waals surface area contributed by atoms with Gasteiger partial charge in [-0.15, -0.1) is 0 Å². The Morgan fingerprint density at radius 1 is 0.500 bits per heavy atom. The molecule has 0 aromatic heterocycles. The fraction of sp³-hybridized carbons (Fsp3) is 0.848. The van der Waals surface area contributed by atoms with Crippen LogP contribution < -0.4 is 0 Å². The Bertz CT molecular complexity index is 652. The lowest BCUT2D eigenvalue weighted by Crippen LogP contribution is -2.72. The largest absolute Gasteiger partial charge is 0.477 e. The van der Waals surface area contributed by atoms with Gasteiger partial charge in [0.15, 0.2) is 18.1 Å². The maximum atomic E-state index is 12.3. The molecule has 0 aliphatic rings. The number of carboxylic acids is 3. The Morgan fingerprint density at radius 2 is 0.800 bits per heavy atom. The van der Waals surface area contributed by atoms with Crippen molar-refractivity contribution in [1.82, 2.24) is 0 Å². The van der Waals surface area contributed by atoms with E-state index >= 15 is 0 Å². The fourth-order valence-corrected chi connectivity index (χ4v) is 6.44. The first-order valence-electron chi connectivity index (χ1n) is 16.4. The SMILES string of the molecule is CCCCCCC/C=C/CCCCCCCCCCCC[N+](C(CC)C(=O)O)(C(CC)C(=O)O)C(CC)C(=O)O. The number of aliphatic carboxylic acids is 3. The lowest BCUT2D eigenvalue weighted by molar-refractivity contribution is -0.973. The number of quaternary nitrogens is 1. The van der Waals surface area contributed by atoms with Gasteiger partial charge in [0.05, 0.1) is 6.54 Å². The summed E-state index contributed by atoms with van der Waals surface area (Å²) in [6, 6.07) is -3.19. The highest BCUT2D eigenvalue weighted by atomic mass is 16.4. The summed E-state index contributed by atoms with van der Waals surface area (Å²) in [5, 5.41) is 30.0. The van der Waals surface area contributed by atoms with Crippen LogP contribution >= 0.6 is 0 Å². The van der Waals surface area contributed by atoms with E-state index in [9.17, 15) is 29.7 Å². The summed E-state index contributed by atoms with van der Waals surface area (Å²) in [5.41, 5.74) is 0.